The Labute approximate surface area is 182 Å². The van der Waals surface area contributed by atoms with Crippen molar-refractivity contribution < 1.29 is 27.9 Å². The summed E-state index contributed by atoms with van der Waals surface area (Å²) in [7, 11) is 0. The Morgan fingerprint density at radius 2 is 1.84 bits per heavy atom. The zero-order chi connectivity index (χ0) is 23.5. The second kappa shape index (κ2) is 9.41. The Hall–Kier alpha value is -3.37. The summed E-state index contributed by atoms with van der Waals surface area (Å²) >= 11 is 0. The fourth-order valence-electron chi connectivity index (χ4n) is 3.60. The van der Waals surface area contributed by atoms with E-state index in [4.69, 9.17) is 5.11 Å². The zero-order valence-electron chi connectivity index (χ0n) is 17.5. The molecule has 11 heteroatoms. The molecule has 1 aromatic heterocycles. The van der Waals surface area contributed by atoms with E-state index in [9.17, 15) is 22.8 Å². The monoisotopic (exact) mass is 451 g/mol. The number of anilines is 3. The lowest BCUT2D eigenvalue weighted by molar-refractivity contribution is -0.137. The van der Waals surface area contributed by atoms with Crippen LogP contribution in [-0.4, -0.2) is 39.0 Å². The van der Waals surface area contributed by atoms with Gasteiger partial charge in [-0.25, -0.2) is 9.78 Å². The van der Waals surface area contributed by atoms with Crippen LogP contribution in [0.2, 0.25) is 0 Å². The van der Waals surface area contributed by atoms with Crippen molar-refractivity contribution in [1.82, 2.24) is 15.3 Å². The van der Waals surface area contributed by atoms with Gasteiger partial charge in [0.05, 0.1) is 11.5 Å². The predicted octanol–water partition coefficient (Wildman–Crippen LogP) is 4.04. The molecule has 1 fully saturated rings. The number of carbonyl (C=O) groups excluding carboxylic acids is 1. The number of hydrogen-bond acceptors (Lipinski definition) is 6. The lowest BCUT2D eigenvalue weighted by Crippen LogP contribution is -2.41. The van der Waals surface area contributed by atoms with Crippen molar-refractivity contribution in [3.05, 3.63) is 41.6 Å². The summed E-state index contributed by atoms with van der Waals surface area (Å²) in [6, 6.07) is 5.06. The molecule has 1 amide bonds. The molecular formula is C21H24F3N5O3. The van der Waals surface area contributed by atoms with Gasteiger partial charge < -0.3 is 21.1 Å². The summed E-state index contributed by atoms with van der Waals surface area (Å²) in [6.45, 7) is 3.64. The molecule has 0 spiro atoms. The SMILES string of the molecule is CC(C)NC(=O)C1CCCC1Nc1nc(Nc2ccc(C(=O)O)cc2)ncc1C(F)(F)F. The van der Waals surface area contributed by atoms with E-state index in [1.54, 1.807) is 0 Å². The fraction of sp³-hybridized carbons (Fsp3) is 0.429. The van der Waals surface area contributed by atoms with Gasteiger partial charge in [0.1, 0.15) is 11.4 Å². The van der Waals surface area contributed by atoms with Crippen LogP contribution >= 0.6 is 0 Å². The molecule has 1 heterocycles. The first-order valence-electron chi connectivity index (χ1n) is 10.2. The van der Waals surface area contributed by atoms with Gasteiger partial charge in [-0.05, 0) is 51.0 Å². The van der Waals surface area contributed by atoms with Crippen LogP contribution in [-0.2, 0) is 11.0 Å². The van der Waals surface area contributed by atoms with Crippen molar-refractivity contribution in [2.45, 2.75) is 51.4 Å². The molecule has 8 nitrogen and oxygen atoms in total. The summed E-state index contributed by atoms with van der Waals surface area (Å²) in [4.78, 5) is 31.2. The van der Waals surface area contributed by atoms with Gasteiger partial charge in [-0.3, -0.25) is 4.79 Å². The molecule has 0 radical (unpaired) electrons. The molecule has 1 aliphatic carbocycles. The maximum atomic E-state index is 13.6. The molecule has 4 N–H and O–H groups in total. The number of nitrogens with one attached hydrogen (secondary N) is 3. The minimum Gasteiger partial charge on any atom is -0.478 e. The van der Waals surface area contributed by atoms with Crippen molar-refractivity contribution in [2.24, 2.45) is 5.92 Å². The van der Waals surface area contributed by atoms with Gasteiger partial charge in [-0.1, -0.05) is 6.42 Å². The van der Waals surface area contributed by atoms with Crippen LogP contribution in [0.25, 0.3) is 0 Å². The van der Waals surface area contributed by atoms with Crippen molar-refractivity contribution in [1.29, 1.82) is 0 Å². The minimum atomic E-state index is -4.68. The Morgan fingerprint density at radius 3 is 2.44 bits per heavy atom. The standard InChI is InChI=1S/C21H24F3N5O3/c1-11(2)26-18(30)14-4-3-5-16(14)28-17-15(21(22,23)24)10-25-20(29-17)27-13-8-6-12(7-9-13)19(31)32/h6-11,14,16H,3-5H2,1-2H3,(H,26,30)(H,31,32)(H2,25,27,28,29). The summed E-state index contributed by atoms with van der Waals surface area (Å²) in [5.41, 5.74) is -0.548. The largest absolute Gasteiger partial charge is 0.478 e. The van der Waals surface area contributed by atoms with Crippen LogP contribution in [0.4, 0.5) is 30.6 Å². The lowest BCUT2D eigenvalue weighted by atomic mass is 10.0. The van der Waals surface area contributed by atoms with Gasteiger partial charge in [0.2, 0.25) is 11.9 Å². The van der Waals surface area contributed by atoms with Gasteiger partial charge in [-0.15, -0.1) is 0 Å². The minimum absolute atomic E-state index is 0.0678. The average molecular weight is 451 g/mol. The van der Waals surface area contributed by atoms with Crippen LogP contribution in [0.5, 0.6) is 0 Å². The summed E-state index contributed by atoms with van der Waals surface area (Å²) in [5.74, 6) is -2.26. The molecule has 0 saturated heterocycles. The number of rotatable bonds is 7. The van der Waals surface area contributed by atoms with Gasteiger partial charge in [0, 0.05) is 24.0 Å². The highest BCUT2D eigenvalue weighted by Gasteiger charge is 2.38. The molecule has 3 rings (SSSR count). The maximum Gasteiger partial charge on any atom is 0.421 e. The third kappa shape index (κ3) is 5.65. The third-order valence-electron chi connectivity index (χ3n) is 5.09. The number of aromatic carboxylic acids is 1. The Bertz CT molecular complexity index is 980. The molecule has 2 aromatic rings. The molecule has 1 aliphatic rings. The first-order chi connectivity index (χ1) is 15.0. The number of amides is 1. The molecule has 2 unspecified atom stereocenters. The van der Waals surface area contributed by atoms with E-state index < -0.39 is 35.5 Å². The fourth-order valence-corrected chi connectivity index (χ4v) is 3.60. The van der Waals surface area contributed by atoms with Crippen LogP contribution < -0.4 is 16.0 Å². The Balaban J connectivity index is 1.84. The van der Waals surface area contributed by atoms with Crippen LogP contribution in [0.3, 0.4) is 0 Å². The van der Waals surface area contributed by atoms with Crippen LogP contribution in [0, 0.1) is 5.92 Å². The number of halogens is 3. The lowest BCUT2D eigenvalue weighted by Gasteiger charge is -2.24. The van der Waals surface area contributed by atoms with Gasteiger partial charge in [0.25, 0.3) is 0 Å². The van der Waals surface area contributed by atoms with Gasteiger partial charge in [0.15, 0.2) is 0 Å². The smallest absolute Gasteiger partial charge is 0.421 e. The number of carbonyl (C=O) groups is 2. The zero-order valence-corrected chi connectivity index (χ0v) is 17.5. The first kappa shape index (κ1) is 23.3. The second-order valence-electron chi connectivity index (χ2n) is 7.91. The summed E-state index contributed by atoms with van der Waals surface area (Å²) in [5, 5.41) is 17.4. The highest BCUT2D eigenvalue weighted by Crippen LogP contribution is 2.36. The number of benzene rings is 1. The molecule has 1 aromatic carbocycles. The average Bonchev–Trinajstić information content (AvgIpc) is 3.15. The molecule has 2 atom stereocenters. The second-order valence-corrected chi connectivity index (χ2v) is 7.91. The molecule has 0 bridgehead atoms. The van der Waals surface area contributed by atoms with E-state index in [1.807, 2.05) is 13.8 Å². The Kier molecular flexibility index (Phi) is 6.85. The van der Waals surface area contributed by atoms with Crippen LogP contribution in [0.1, 0.15) is 49.0 Å². The molecule has 32 heavy (non-hydrogen) atoms. The number of aromatic nitrogens is 2. The van der Waals surface area contributed by atoms with Crippen molar-refractivity contribution >= 4 is 29.3 Å². The van der Waals surface area contributed by atoms with E-state index in [0.29, 0.717) is 31.1 Å². The quantitative estimate of drug-likeness (QED) is 0.502. The van der Waals surface area contributed by atoms with Crippen molar-refractivity contribution in [2.75, 3.05) is 10.6 Å². The normalized spacial score (nSPS) is 18.4. The topological polar surface area (TPSA) is 116 Å². The van der Waals surface area contributed by atoms with E-state index >= 15 is 0 Å². The molecule has 0 aliphatic heterocycles. The number of carboxylic acid groups (broad SMARTS) is 1. The highest BCUT2D eigenvalue weighted by atomic mass is 19.4. The third-order valence-corrected chi connectivity index (χ3v) is 5.09. The summed E-state index contributed by atoms with van der Waals surface area (Å²) in [6.07, 6.45) is -2.18. The number of nitrogens with zero attached hydrogens (tertiary/aromatic N) is 2. The van der Waals surface area contributed by atoms with E-state index in [1.165, 1.54) is 24.3 Å². The highest BCUT2D eigenvalue weighted by molar-refractivity contribution is 5.88. The van der Waals surface area contributed by atoms with Crippen molar-refractivity contribution in [3.63, 3.8) is 0 Å². The summed E-state index contributed by atoms with van der Waals surface area (Å²) < 4.78 is 40.7. The number of alkyl halides is 3. The number of hydrogen-bond donors (Lipinski definition) is 4. The van der Waals surface area contributed by atoms with Gasteiger partial charge in [-0.2, -0.15) is 18.2 Å². The number of carboxylic acids is 1. The van der Waals surface area contributed by atoms with E-state index in [0.717, 1.165) is 0 Å². The molecular weight excluding hydrogens is 427 g/mol. The van der Waals surface area contributed by atoms with Crippen molar-refractivity contribution in [3.8, 4) is 0 Å². The molecule has 1 saturated carbocycles. The molecule has 172 valence electrons. The van der Waals surface area contributed by atoms with E-state index in [-0.39, 0.29) is 23.5 Å². The predicted molar refractivity (Wildman–Crippen MR) is 112 cm³/mol. The maximum absolute atomic E-state index is 13.6. The Morgan fingerprint density at radius 1 is 1.16 bits per heavy atom. The van der Waals surface area contributed by atoms with Gasteiger partial charge >= 0.3 is 12.1 Å². The first-order valence-corrected chi connectivity index (χ1v) is 10.2. The van der Waals surface area contributed by atoms with E-state index in [2.05, 4.69) is 25.9 Å². The van der Waals surface area contributed by atoms with Crippen LogP contribution in [0.15, 0.2) is 30.5 Å².